The molecule has 1 unspecified atom stereocenters. The predicted octanol–water partition coefficient (Wildman–Crippen LogP) is 4.85. The van der Waals surface area contributed by atoms with Crippen LogP contribution < -0.4 is 4.90 Å². The highest BCUT2D eigenvalue weighted by atomic mass is 32.1. The molecule has 112 valence electrons. The van der Waals surface area contributed by atoms with Gasteiger partial charge in [-0.05, 0) is 37.8 Å². The van der Waals surface area contributed by atoms with Crippen LogP contribution in [0.15, 0.2) is 18.2 Å². The Morgan fingerprint density at radius 1 is 1.38 bits per heavy atom. The van der Waals surface area contributed by atoms with Crippen molar-refractivity contribution in [1.29, 1.82) is 0 Å². The molecule has 1 atom stereocenters. The van der Waals surface area contributed by atoms with Gasteiger partial charge in [-0.25, -0.2) is 4.98 Å². The van der Waals surface area contributed by atoms with Gasteiger partial charge in [0.1, 0.15) is 0 Å². The number of thiazole rings is 1. The molecule has 0 saturated heterocycles. The third kappa shape index (κ3) is 3.16. The van der Waals surface area contributed by atoms with Crippen molar-refractivity contribution in [3.05, 3.63) is 39.9 Å². The number of hydrogen-bond donors (Lipinski definition) is 0. The number of hydrogen-bond acceptors (Lipinski definition) is 4. The first-order chi connectivity index (χ1) is 9.97. The molecule has 21 heavy (non-hydrogen) atoms. The van der Waals surface area contributed by atoms with Crippen LogP contribution in [-0.2, 0) is 0 Å². The molecular formula is C17H22N2OS. The van der Waals surface area contributed by atoms with Crippen LogP contribution in [0.2, 0.25) is 0 Å². The zero-order valence-corrected chi connectivity index (χ0v) is 14.1. The number of rotatable bonds is 5. The van der Waals surface area contributed by atoms with Crippen molar-refractivity contribution in [3.8, 4) is 0 Å². The normalized spacial score (nSPS) is 12.2. The predicted molar refractivity (Wildman–Crippen MR) is 90.2 cm³/mol. The molecule has 0 aliphatic carbocycles. The summed E-state index contributed by atoms with van der Waals surface area (Å²) in [6.45, 7) is 8.42. The molecule has 1 aromatic carbocycles. The largest absolute Gasteiger partial charge is 0.321 e. The smallest absolute Gasteiger partial charge is 0.190 e. The molecule has 1 heterocycles. The molecule has 2 aromatic rings. The lowest BCUT2D eigenvalue weighted by Gasteiger charge is -2.18. The van der Waals surface area contributed by atoms with Gasteiger partial charge in [0, 0.05) is 12.7 Å². The molecule has 0 spiro atoms. The zero-order chi connectivity index (χ0) is 15.6. The fourth-order valence-electron chi connectivity index (χ4n) is 2.39. The summed E-state index contributed by atoms with van der Waals surface area (Å²) in [4.78, 5) is 18.8. The van der Waals surface area contributed by atoms with Gasteiger partial charge in [-0.1, -0.05) is 42.9 Å². The summed E-state index contributed by atoms with van der Waals surface area (Å²) >= 11 is 1.47. The first kappa shape index (κ1) is 15.7. The van der Waals surface area contributed by atoms with E-state index >= 15 is 0 Å². The summed E-state index contributed by atoms with van der Waals surface area (Å²) in [5.41, 5.74) is 4.51. The zero-order valence-electron chi connectivity index (χ0n) is 13.3. The van der Waals surface area contributed by atoms with E-state index in [9.17, 15) is 4.79 Å². The monoisotopic (exact) mass is 302 g/mol. The summed E-state index contributed by atoms with van der Waals surface area (Å²) in [7, 11) is 2.01. The van der Waals surface area contributed by atoms with Crippen molar-refractivity contribution in [2.24, 2.45) is 0 Å². The molecule has 0 fully saturated rings. The Labute approximate surface area is 130 Å². The quantitative estimate of drug-likeness (QED) is 0.740. The van der Waals surface area contributed by atoms with E-state index in [0.717, 1.165) is 34.1 Å². The Hall–Kier alpha value is -1.68. The number of aldehydes is 1. The van der Waals surface area contributed by atoms with E-state index in [4.69, 9.17) is 4.98 Å². The Balaban J connectivity index is 2.41. The average Bonchev–Trinajstić information content (AvgIpc) is 2.90. The number of carbonyl (C=O) groups excluding carboxylic acids is 1. The Kier molecular flexibility index (Phi) is 4.78. The molecule has 0 bridgehead atoms. The minimum atomic E-state index is 0.308. The van der Waals surface area contributed by atoms with Crippen molar-refractivity contribution in [1.82, 2.24) is 4.98 Å². The van der Waals surface area contributed by atoms with Crippen LogP contribution in [0.4, 0.5) is 10.8 Å². The second-order valence-electron chi connectivity index (χ2n) is 5.52. The number of aromatic nitrogens is 1. The standard InChI is InChI=1S/C17H22N2OS/c1-6-12(3)16-15(10-20)21-17(18-16)19(5)14-8-7-11(2)9-13(14)4/h7-10,12H,6H2,1-5H3. The molecular weight excluding hydrogens is 280 g/mol. The number of nitrogens with zero attached hydrogens (tertiary/aromatic N) is 2. The first-order valence-electron chi connectivity index (χ1n) is 7.24. The van der Waals surface area contributed by atoms with Crippen LogP contribution in [0.25, 0.3) is 0 Å². The number of aryl methyl sites for hydroxylation is 2. The lowest BCUT2D eigenvalue weighted by molar-refractivity contribution is 0.112. The maximum absolute atomic E-state index is 11.3. The second kappa shape index (κ2) is 6.39. The van der Waals surface area contributed by atoms with Crippen molar-refractivity contribution >= 4 is 28.4 Å². The fourth-order valence-corrected chi connectivity index (χ4v) is 3.37. The van der Waals surface area contributed by atoms with Gasteiger partial charge in [-0.3, -0.25) is 4.79 Å². The molecule has 0 aliphatic rings. The molecule has 0 radical (unpaired) electrons. The Morgan fingerprint density at radius 3 is 2.67 bits per heavy atom. The lowest BCUT2D eigenvalue weighted by Crippen LogP contribution is -2.11. The molecule has 0 amide bonds. The van der Waals surface area contributed by atoms with Crippen LogP contribution in [0, 0.1) is 13.8 Å². The van der Waals surface area contributed by atoms with Gasteiger partial charge < -0.3 is 4.90 Å². The summed E-state index contributed by atoms with van der Waals surface area (Å²) in [6, 6.07) is 6.37. The van der Waals surface area contributed by atoms with Gasteiger partial charge in [0.2, 0.25) is 0 Å². The highest BCUT2D eigenvalue weighted by Crippen LogP contribution is 2.34. The number of benzene rings is 1. The van der Waals surface area contributed by atoms with Crippen molar-refractivity contribution in [2.45, 2.75) is 40.0 Å². The summed E-state index contributed by atoms with van der Waals surface area (Å²) in [5, 5.41) is 0.874. The lowest BCUT2D eigenvalue weighted by atomic mass is 10.0. The maximum Gasteiger partial charge on any atom is 0.190 e. The summed E-state index contributed by atoms with van der Waals surface area (Å²) in [5.74, 6) is 0.308. The Bertz CT molecular complexity index is 648. The van der Waals surface area contributed by atoms with E-state index in [0.29, 0.717) is 5.92 Å². The SMILES string of the molecule is CCC(C)c1nc(N(C)c2ccc(C)cc2C)sc1C=O. The van der Waals surface area contributed by atoms with Crippen LogP contribution >= 0.6 is 11.3 Å². The van der Waals surface area contributed by atoms with Gasteiger partial charge in [0.25, 0.3) is 0 Å². The maximum atomic E-state index is 11.3. The minimum absolute atomic E-state index is 0.308. The van der Waals surface area contributed by atoms with E-state index in [-0.39, 0.29) is 0 Å². The molecule has 1 aromatic heterocycles. The van der Waals surface area contributed by atoms with Crippen LogP contribution in [0.1, 0.15) is 52.7 Å². The number of anilines is 2. The average molecular weight is 302 g/mol. The van der Waals surface area contributed by atoms with Gasteiger partial charge >= 0.3 is 0 Å². The topological polar surface area (TPSA) is 33.2 Å². The molecule has 3 nitrogen and oxygen atoms in total. The van der Waals surface area contributed by atoms with Crippen molar-refractivity contribution in [3.63, 3.8) is 0 Å². The van der Waals surface area contributed by atoms with Crippen LogP contribution in [0.3, 0.4) is 0 Å². The van der Waals surface area contributed by atoms with E-state index in [1.807, 2.05) is 7.05 Å². The summed E-state index contributed by atoms with van der Waals surface area (Å²) in [6.07, 6.45) is 1.91. The van der Waals surface area contributed by atoms with Crippen LogP contribution in [0.5, 0.6) is 0 Å². The number of carbonyl (C=O) groups is 1. The molecule has 4 heteroatoms. The summed E-state index contributed by atoms with van der Waals surface area (Å²) < 4.78 is 0. The first-order valence-corrected chi connectivity index (χ1v) is 8.06. The van der Waals surface area contributed by atoms with Gasteiger partial charge in [0.15, 0.2) is 11.4 Å². The second-order valence-corrected chi connectivity index (χ2v) is 6.53. The van der Waals surface area contributed by atoms with E-state index in [1.54, 1.807) is 0 Å². The molecule has 2 rings (SSSR count). The third-order valence-corrected chi connectivity index (χ3v) is 4.93. The van der Waals surface area contributed by atoms with Crippen LogP contribution in [-0.4, -0.2) is 18.3 Å². The van der Waals surface area contributed by atoms with E-state index < -0.39 is 0 Å². The van der Waals surface area contributed by atoms with Gasteiger partial charge in [-0.2, -0.15) is 0 Å². The Morgan fingerprint density at radius 2 is 2.10 bits per heavy atom. The highest BCUT2D eigenvalue weighted by molar-refractivity contribution is 7.17. The minimum Gasteiger partial charge on any atom is -0.321 e. The van der Waals surface area contributed by atoms with Gasteiger partial charge in [-0.15, -0.1) is 0 Å². The fraction of sp³-hybridized carbons (Fsp3) is 0.412. The molecule has 0 aliphatic heterocycles. The molecule has 0 N–H and O–H groups in total. The highest BCUT2D eigenvalue weighted by Gasteiger charge is 2.19. The molecule has 0 saturated carbocycles. The van der Waals surface area contributed by atoms with Crippen molar-refractivity contribution < 1.29 is 4.79 Å². The van der Waals surface area contributed by atoms with E-state index in [1.165, 1.54) is 22.5 Å². The van der Waals surface area contributed by atoms with E-state index in [2.05, 4.69) is 50.8 Å². The van der Waals surface area contributed by atoms with Gasteiger partial charge in [0.05, 0.1) is 10.6 Å². The van der Waals surface area contributed by atoms with Crippen molar-refractivity contribution in [2.75, 3.05) is 11.9 Å². The third-order valence-electron chi connectivity index (χ3n) is 3.86.